The van der Waals surface area contributed by atoms with Crippen LogP contribution in [0.2, 0.25) is 0 Å². The fraction of sp³-hybridized carbons (Fsp3) is 0. The maximum atomic E-state index is 11.2. The second kappa shape index (κ2) is 2.55. The standard InChI is InChI=1S/C6H4N2O4S2/c7-4(9)3-1-2-5(10)8-14(11,12)6(2)13-3/h1H,(H2,7,9)(H,8,10). The van der Waals surface area contributed by atoms with Gasteiger partial charge in [0.2, 0.25) is 0 Å². The molecule has 0 saturated carbocycles. The van der Waals surface area contributed by atoms with Crippen LogP contribution >= 0.6 is 11.3 Å². The highest BCUT2D eigenvalue weighted by molar-refractivity contribution is 7.92. The monoisotopic (exact) mass is 232 g/mol. The molecule has 1 aliphatic heterocycles. The van der Waals surface area contributed by atoms with Crippen molar-refractivity contribution in [3.8, 4) is 0 Å². The molecule has 0 radical (unpaired) electrons. The highest BCUT2D eigenvalue weighted by atomic mass is 32.2. The van der Waals surface area contributed by atoms with E-state index in [0.717, 1.165) is 0 Å². The third kappa shape index (κ3) is 1.11. The maximum absolute atomic E-state index is 11.2. The lowest BCUT2D eigenvalue weighted by molar-refractivity contribution is 0.0985. The lowest BCUT2D eigenvalue weighted by Crippen LogP contribution is -2.21. The van der Waals surface area contributed by atoms with Crippen molar-refractivity contribution >= 4 is 33.2 Å². The first-order valence-corrected chi connectivity index (χ1v) is 5.72. The van der Waals surface area contributed by atoms with E-state index in [4.69, 9.17) is 5.73 Å². The van der Waals surface area contributed by atoms with E-state index in [2.05, 4.69) is 0 Å². The minimum absolute atomic E-state index is 0.0104. The molecular weight excluding hydrogens is 228 g/mol. The molecule has 3 N–H and O–H groups in total. The average molecular weight is 232 g/mol. The predicted molar refractivity (Wildman–Crippen MR) is 47.5 cm³/mol. The van der Waals surface area contributed by atoms with Gasteiger partial charge in [-0.15, -0.1) is 11.3 Å². The van der Waals surface area contributed by atoms with E-state index >= 15 is 0 Å². The Bertz CT molecular complexity index is 542. The molecule has 1 aromatic heterocycles. The molecule has 1 aliphatic rings. The molecule has 6 nitrogen and oxygen atoms in total. The highest BCUT2D eigenvalue weighted by Crippen LogP contribution is 2.31. The minimum Gasteiger partial charge on any atom is -0.365 e. The zero-order chi connectivity index (χ0) is 10.5. The molecule has 0 aliphatic carbocycles. The van der Waals surface area contributed by atoms with Crippen molar-refractivity contribution in [2.45, 2.75) is 4.21 Å². The van der Waals surface area contributed by atoms with Crippen LogP contribution in [0.4, 0.5) is 0 Å². The van der Waals surface area contributed by atoms with Gasteiger partial charge in [-0.25, -0.2) is 13.1 Å². The number of thiophene rings is 1. The van der Waals surface area contributed by atoms with Crippen molar-refractivity contribution in [3.63, 3.8) is 0 Å². The summed E-state index contributed by atoms with van der Waals surface area (Å²) < 4.78 is 24.1. The van der Waals surface area contributed by atoms with Gasteiger partial charge < -0.3 is 5.73 Å². The third-order valence-electron chi connectivity index (χ3n) is 1.66. The molecule has 8 heteroatoms. The topological polar surface area (TPSA) is 106 Å². The molecule has 2 amide bonds. The van der Waals surface area contributed by atoms with Crippen LogP contribution in [-0.4, -0.2) is 20.2 Å². The summed E-state index contributed by atoms with van der Waals surface area (Å²) in [5.41, 5.74) is 4.94. The van der Waals surface area contributed by atoms with Crippen LogP contribution in [0, 0.1) is 0 Å². The number of hydrogen-bond donors (Lipinski definition) is 2. The molecular formula is C6H4N2O4S2. The Morgan fingerprint density at radius 2 is 2.14 bits per heavy atom. The van der Waals surface area contributed by atoms with E-state index in [9.17, 15) is 18.0 Å². The summed E-state index contributed by atoms with van der Waals surface area (Å²) in [4.78, 5) is 21.9. The lowest BCUT2D eigenvalue weighted by atomic mass is 10.3. The second-order valence-electron chi connectivity index (χ2n) is 2.61. The van der Waals surface area contributed by atoms with Crippen LogP contribution in [0.5, 0.6) is 0 Å². The first-order valence-electron chi connectivity index (χ1n) is 3.42. The van der Waals surface area contributed by atoms with Gasteiger partial charge in [0, 0.05) is 0 Å². The van der Waals surface area contributed by atoms with Gasteiger partial charge in [-0.05, 0) is 6.07 Å². The summed E-state index contributed by atoms with van der Waals surface area (Å²) in [6.45, 7) is 0. The third-order valence-corrected chi connectivity index (χ3v) is 4.67. The first kappa shape index (κ1) is 9.16. The van der Waals surface area contributed by atoms with Crippen LogP contribution in [0.15, 0.2) is 10.3 Å². The van der Waals surface area contributed by atoms with Crippen molar-refractivity contribution in [3.05, 3.63) is 16.5 Å². The number of sulfonamides is 1. The molecule has 2 heterocycles. The SMILES string of the molecule is NC(=O)c1cc2c(s1)S(=O)(=O)NC2=O. The Labute approximate surface area is 82.8 Å². The number of hydrogen-bond acceptors (Lipinski definition) is 5. The summed E-state index contributed by atoms with van der Waals surface area (Å²) in [6.07, 6.45) is 0. The van der Waals surface area contributed by atoms with Gasteiger partial charge in [0.15, 0.2) is 4.21 Å². The molecule has 0 aromatic carbocycles. The van der Waals surface area contributed by atoms with E-state index in [1.54, 1.807) is 4.72 Å². The summed E-state index contributed by atoms with van der Waals surface area (Å²) in [7, 11) is -3.76. The lowest BCUT2D eigenvalue weighted by Gasteiger charge is -1.91. The molecule has 0 saturated heterocycles. The Hall–Kier alpha value is -1.41. The normalized spacial score (nSPS) is 17.6. The number of carbonyl (C=O) groups excluding carboxylic acids is 2. The number of primary amides is 1. The van der Waals surface area contributed by atoms with E-state index < -0.39 is 21.8 Å². The maximum Gasteiger partial charge on any atom is 0.274 e. The van der Waals surface area contributed by atoms with Crippen molar-refractivity contribution in [2.75, 3.05) is 0 Å². The minimum atomic E-state index is -3.76. The number of carbonyl (C=O) groups is 2. The quantitative estimate of drug-likeness (QED) is 0.666. The smallest absolute Gasteiger partial charge is 0.274 e. The predicted octanol–water partition coefficient (Wildman–Crippen LogP) is -0.721. The Morgan fingerprint density at radius 3 is 2.64 bits per heavy atom. The number of rotatable bonds is 1. The van der Waals surface area contributed by atoms with Crippen LogP contribution in [-0.2, 0) is 10.0 Å². The number of nitrogens with one attached hydrogen (secondary N) is 1. The Balaban J connectivity index is 2.70. The van der Waals surface area contributed by atoms with Crippen LogP contribution < -0.4 is 10.5 Å². The van der Waals surface area contributed by atoms with E-state index in [1.807, 2.05) is 0 Å². The van der Waals surface area contributed by atoms with Crippen molar-refractivity contribution in [1.82, 2.24) is 4.72 Å². The van der Waals surface area contributed by atoms with Crippen LogP contribution in [0.3, 0.4) is 0 Å². The Kier molecular flexibility index (Phi) is 1.67. The molecule has 2 rings (SSSR count). The fourth-order valence-corrected chi connectivity index (χ4v) is 3.54. The molecule has 1 aromatic rings. The van der Waals surface area contributed by atoms with Gasteiger partial charge in [-0.1, -0.05) is 0 Å². The van der Waals surface area contributed by atoms with E-state index in [1.165, 1.54) is 6.07 Å². The molecule has 0 bridgehead atoms. The molecule has 0 unspecified atom stereocenters. The summed E-state index contributed by atoms with van der Waals surface area (Å²) >= 11 is 0.695. The Morgan fingerprint density at radius 1 is 1.50 bits per heavy atom. The van der Waals surface area contributed by atoms with Crippen molar-refractivity contribution < 1.29 is 18.0 Å². The van der Waals surface area contributed by atoms with Crippen LogP contribution in [0.1, 0.15) is 20.0 Å². The summed E-state index contributed by atoms with van der Waals surface area (Å²) in [6, 6.07) is 1.18. The molecule has 74 valence electrons. The van der Waals surface area contributed by atoms with Crippen LogP contribution in [0.25, 0.3) is 0 Å². The number of nitrogens with two attached hydrogens (primary N) is 1. The number of fused-ring (bicyclic) bond motifs is 1. The second-order valence-corrected chi connectivity index (χ2v) is 5.54. The molecule has 0 atom stereocenters. The largest absolute Gasteiger partial charge is 0.365 e. The van der Waals surface area contributed by atoms with Gasteiger partial charge in [0.1, 0.15) is 0 Å². The van der Waals surface area contributed by atoms with Gasteiger partial charge in [-0.3, -0.25) is 9.59 Å². The van der Waals surface area contributed by atoms with E-state index in [-0.39, 0.29) is 14.6 Å². The first-order chi connectivity index (χ1) is 6.42. The fourth-order valence-electron chi connectivity index (χ4n) is 1.08. The summed E-state index contributed by atoms with van der Waals surface area (Å²) in [5, 5.41) is 0. The van der Waals surface area contributed by atoms with Gasteiger partial charge in [0.25, 0.3) is 21.8 Å². The van der Waals surface area contributed by atoms with Gasteiger partial charge in [-0.2, -0.15) is 0 Å². The van der Waals surface area contributed by atoms with Crippen molar-refractivity contribution in [1.29, 1.82) is 0 Å². The molecule has 0 fully saturated rings. The van der Waals surface area contributed by atoms with Gasteiger partial charge in [0.05, 0.1) is 10.4 Å². The van der Waals surface area contributed by atoms with E-state index in [0.29, 0.717) is 11.3 Å². The average Bonchev–Trinajstić information content (AvgIpc) is 2.53. The molecule has 14 heavy (non-hydrogen) atoms. The zero-order valence-corrected chi connectivity index (χ0v) is 8.24. The zero-order valence-electron chi connectivity index (χ0n) is 6.60. The van der Waals surface area contributed by atoms with Gasteiger partial charge >= 0.3 is 0 Å². The highest BCUT2D eigenvalue weighted by Gasteiger charge is 2.35. The molecule has 0 spiro atoms. The summed E-state index contributed by atoms with van der Waals surface area (Å²) in [5.74, 6) is -1.46. The van der Waals surface area contributed by atoms with Crippen molar-refractivity contribution in [2.24, 2.45) is 5.73 Å². The number of amides is 2.